The Hall–Kier alpha value is -2.78. The molecule has 0 aromatic heterocycles. The number of benzene rings is 3. The minimum atomic E-state index is -0.923. The lowest BCUT2D eigenvalue weighted by Gasteiger charge is -2.39. The standard InChI is InChI=1S/C21H25ClN2O3.C10H15NO/c22-19-8-6-18(7-9-19)21(17-4-2-1-3-5-17)24-12-10-23(11-13-24)14-15-27-16-20(25)26;1-8(11-2)10(12)9-6-4-3-5-7-9/h1-9,21H,10-16H2,(H,25,26);3-8,10-12H,1-2H3. The van der Waals surface area contributed by atoms with Gasteiger partial charge in [-0.2, -0.15) is 0 Å². The fourth-order valence-electron chi connectivity index (χ4n) is 4.59. The van der Waals surface area contributed by atoms with E-state index in [9.17, 15) is 9.90 Å². The lowest BCUT2D eigenvalue weighted by atomic mass is 9.96. The number of aliphatic hydroxyl groups excluding tert-OH is 1. The number of piperazine rings is 1. The second-order valence-corrected chi connectivity index (χ2v) is 10.1. The fourth-order valence-corrected chi connectivity index (χ4v) is 4.72. The largest absolute Gasteiger partial charge is 0.480 e. The van der Waals surface area contributed by atoms with Crippen LogP contribution in [-0.2, 0) is 9.53 Å². The highest BCUT2D eigenvalue weighted by atomic mass is 35.5. The van der Waals surface area contributed by atoms with Crippen LogP contribution in [0.1, 0.15) is 35.8 Å². The Kier molecular flexibility index (Phi) is 12.9. The average Bonchev–Trinajstić information content (AvgIpc) is 2.97. The van der Waals surface area contributed by atoms with E-state index >= 15 is 0 Å². The van der Waals surface area contributed by atoms with E-state index in [1.807, 2.05) is 62.5 Å². The number of aliphatic carboxylic acids is 1. The quantitative estimate of drug-likeness (QED) is 0.302. The Labute approximate surface area is 237 Å². The van der Waals surface area contributed by atoms with Gasteiger partial charge in [-0.3, -0.25) is 9.80 Å². The Morgan fingerprint density at radius 1 is 0.897 bits per heavy atom. The van der Waals surface area contributed by atoms with Crippen molar-refractivity contribution in [2.75, 3.05) is 53.0 Å². The molecule has 0 radical (unpaired) electrons. The molecular weight excluding hydrogens is 514 g/mol. The van der Waals surface area contributed by atoms with Crippen molar-refractivity contribution < 1.29 is 19.7 Å². The number of likely N-dealkylation sites (N-methyl/N-ethyl adjacent to an activating group) is 1. The van der Waals surface area contributed by atoms with Crippen LogP contribution in [0.15, 0.2) is 84.9 Å². The SMILES string of the molecule is CNC(C)C(O)c1ccccc1.O=C(O)COCCN1CCN(C(c2ccccc2)c2ccc(Cl)cc2)CC1. The third kappa shape index (κ3) is 10.0. The van der Waals surface area contributed by atoms with Crippen LogP contribution in [-0.4, -0.2) is 85.0 Å². The Morgan fingerprint density at radius 2 is 1.44 bits per heavy atom. The van der Waals surface area contributed by atoms with Gasteiger partial charge in [-0.15, -0.1) is 0 Å². The van der Waals surface area contributed by atoms with Crippen molar-refractivity contribution >= 4 is 17.6 Å². The molecule has 0 saturated carbocycles. The van der Waals surface area contributed by atoms with E-state index in [1.165, 1.54) is 11.1 Å². The third-order valence-corrected chi connectivity index (χ3v) is 7.17. The summed E-state index contributed by atoms with van der Waals surface area (Å²) in [7, 11) is 1.84. The maximum Gasteiger partial charge on any atom is 0.329 e. The number of nitrogens with one attached hydrogen (secondary N) is 1. The zero-order valence-corrected chi connectivity index (χ0v) is 23.5. The molecule has 1 aliphatic rings. The summed E-state index contributed by atoms with van der Waals surface area (Å²) in [5.74, 6) is -0.923. The first-order valence-corrected chi connectivity index (χ1v) is 13.7. The number of nitrogens with zero attached hydrogens (tertiary/aromatic N) is 2. The van der Waals surface area contributed by atoms with Crippen LogP contribution in [0.5, 0.6) is 0 Å². The van der Waals surface area contributed by atoms with Crippen molar-refractivity contribution in [1.82, 2.24) is 15.1 Å². The topological polar surface area (TPSA) is 85.3 Å². The first-order valence-electron chi connectivity index (χ1n) is 13.4. The molecule has 3 atom stereocenters. The Morgan fingerprint density at radius 3 is 1.97 bits per heavy atom. The van der Waals surface area contributed by atoms with E-state index < -0.39 is 12.1 Å². The van der Waals surface area contributed by atoms with Crippen LogP contribution in [0.25, 0.3) is 0 Å². The first kappa shape index (κ1) is 30.8. The number of carbonyl (C=O) groups is 1. The van der Waals surface area contributed by atoms with Crippen LogP contribution in [0, 0.1) is 0 Å². The van der Waals surface area contributed by atoms with E-state index in [-0.39, 0.29) is 18.7 Å². The van der Waals surface area contributed by atoms with Crippen molar-refractivity contribution in [3.8, 4) is 0 Å². The molecule has 3 aromatic carbocycles. The van der Waals surface area contributed by atoms with Gasteiger partial charge in [-0.05, 0) is 42.8 Å². The molecule has 1 heterocycles. The van der Waals surface area contributed by atoms with Gasteiger partial charge >= 0.3 is 5.97 Å². The predicted molar refractivity (Wildman–Crippen MR) is 156 cm³/mol. The Bertz CT molecular complexity index is 1090. The Balaban J connectivity index is 0.000000293. The van der Waals surface area contributed by atoms with Gasteiger partial charge in [0.05, 0.1) is 18.8 Å². The van der Waals surface area contributed by atoms with Crippen LogP contribution in [0.2, 0.25) is 5.02 Å². The van der Waals surface area contributed by atoms with Crippen LogP contribution in [0.4, 0.5) is 0 Å². The lowest BCUT2D eigenvalue weighted by Crippen LogP contribution is -2.48. The number of ether oxygens (including phenoxy) is 1. The van der Waals surface area contributed by atoms with Crippen LogP contribution < -0.4 is 5.32 Å². The zero-order valence-electron chi connectivity index (χ0n) is 22.7. The molecule has 1 fully saturated rings. The second-order valence-electron chi connectivity index (χ2n) is 9.62. The average molecular weight is 554 g/mol. The molecule has 0 amide bonds. The predicted octanol–water partition coefficient (Wildman–Crippen LogP) is 4.48. The smallest absolute Gasteiger partial charge is 0.329 e. The molecule has 3 N–H and O–H groups in total. The minimum Gasteiger partial charge on any atom is -0.480 e. The van der Waals surface area contributed by atoms with Gasteiger partial charge in [0, 0.05) is 43.8 Å². The van der Waals surface area contributed by atoms with E-state index in [2.05, 4.69) is 51.5 Å². The van der Waals surface area contributed by atoms with Crippen LogP contribution >= 0.6 is 11.6 Å². The number of hydrogen-bond acceptors (Lipinski definition) is 6. The summed E-state index contributed by atoms with van der Waals surface area (Å²) < 4.78 is 5.15. The first-order chi connectivity index (χ1) is 18.9. The van der Waals surface area contributed by atoms with E-state index in [4.69, 9.17) is 21.4 Å². The van der Waals surface area contributed by atoms with Crippen molar-refractivity contribution in [1.29, 1.82) is 0 Å². The molecule has 0 spiro atoms. The van der Waals surface area contributed by atoms with Crippen molar-refractivity contribution in [2.24, 2.45) is 0 Å². The molecule has 4 rings (SSSR count). The molecule has 0 aliphatic carbocycles. The number of carboxylic acids is 1. The monoisotopic (exact) mass is 553 g/mol. The van der Waals surface area contributed by atoms with Gasteiger partial charge in [-0.1, -0.05) is 84.4 Å². The van der Waals surface area contributed by atoms with Gasteiger partial charge in [0.15, 0.2) is 0 Å². The second kappa shape index (κ2) is 16.4. The molecule has 3 unspecified atom stereocenters. The maximum absolute atomic E-state index is 10.5. The van der Waals surface area contributed by atoms with Gasteiger partial charge in [0.2, 0.25) is 0 Å². The molecule has 3 aromatic rings. The molecule has 0 bridgehead atoms. The highest BCUT2D eigenvalue weighted by molar-refractivity contribution is 6.30. The van der Waals surface area contributed by atoms with Gasteiger partial charge in [-0.25, -0.2) is 4.79 Å². The number of carboxylic acid groups (broad SMARTS) is 1. The summed E-state index contributed by atoms with van der Waals surface area (Å²) in [6.45, 7) is 6.71. The zero-order chi connectivity index (χ0) is 28.0. The minimum absolute atomic E-state index is 0.0902. The number of aliphatic hydroxyl groups is 1. The third-order valence-electron chi connectivity index (χ3n) is 6.92. The number of halogens is 1. The summed E-state index contributed by atoms with van der Waals surface area (Å²) in [4.78, 5) is 15.3. The van der Waals surface area contributed by atoms with E-state index in [1.54, 1.807) is 0 Å². The van der Waals surface area contributed by atoms with Gasteiger partial charge in [0.25, 0.3) is 0 Å². The van der Waals surface area contributed by atoms with E-state index in [0.717, 1.165) is 43.3 Å². The normalized spacial score (nSPS) is 16.5. The van der Waals surface area contributed by atoms with Gasteiger partial charge < -0.3 is 20.3 Å². The summed E-state index contributed by atoms with van der Waals surface area (Å²) in [6.07, 6.45) is -0.420. The molecule has 39 heavy (non-hydrogen) atoms. The fraction of sp³-hybridized carbons (Fsp3) is 0.387. The molecule has 1 aliphatic heterocycles. The highest BCUT2D eigenvalue weighted by Crippen LogP contribution is 2.30. The summed E-state index contributed by atoms with van der Waals surface area (Å²) in [5, 5.41) is 22.1. The van der Waals surface area contributed by atoms with Crippen molar-refractivity contribution in [3.05, 3.63) is 107 Å². The molecule has 8 heteroatoms. The number of hydrogen-bond donors (Lipinski definition) is 3. The number of rotatable bonds is 11. The van der Waals surface area contributed by atoms with Crippen LogP contribution in [0.3, 0.4) is 0 Å². The molecule has 210 valence electrons. The summed E-state index contributed by atoms with van der Waals surface area (Å²) in [5.41, 5.74) is 3.47. The maximum atomic E-state index is 10.5. The highest BCUT2D eigenvalue weighted by Gasteiger charge is 2.26. The lowest BCUT2D eigenvalue weighted by molar-refractivity contribution is -0.142. The van der Waals surface area contributed by atoms with E-state index in [0.29, 0.717) is 6.61 Å². The molecule has 1 saturated heterocycles. The van der Waals surface area contributed by atoms with Crippen molar-refractivity contribution in [2.45, 2.75) is 25.1 Å². The molecule has 7 nitrogen and oxygen atoms in total. The summed E-state index contributed by atoms with van der Waals surface area (Å²) >= 11 is 6.08. The van der Waals surface area contributed by atoms with Crippen molar-refractivity contribution in [3.63, 3.8) is 0 Å². The molecular formula is C31H40ClN3O4. The van der Waals surface area contributed by atoms with Gasteiger partial charge in [0.1, 0.15) is 6.61 Å². The summed E-state index contributed by atoms with van der Waals surface area (Å²) in [6, 6.07) is 28.6.